The number of rotatable bonds is 41. The van der Waals surface area contributed by atoms with E-state index in [1.165, 1.54) is 0 Å². The summed E-state index contributed by atoms with van der Waals surface area (Å²) >= 11 is 0. The molecule has 0 aromatic heterocycles. The predicted molar refractivity (Wildman–Crippen MR) is 475 cm³/mol. The van der Waals surface area contributed by atoms with E-state index >= 15 is 4.53 Å². The van der Waals surface area contributed by atoms with Gasteiger partial charge >= 0.3 is 5.79 Å². The summed E-state index contributed by atoms with van der Waals surface area (Å²) in [5.41, 5.74) is -10.4. The van der Waals surface area contributed by atoms with E-state index < -0.39 is 49.9 Å². The zero-order valence-electron chi connectivity index (χ0n) is 71.7. The fourth-order valence-electron chi connectivity index (χ4n) is 19.3. The highest BCUT2D eigenvalue weighted by Gasteiger charge is 2.76. The second-order valence-electron chi connectivity index (χ2n) is 32.7. The first-order valence-corrected chi connectivity index (χ1v) is 42.6. The highest BCUT2D eigenvalue weighted by Crippen LogP contribution is 2.72. The monoisotopic (exact) mass is 1590 g/mol. The molecule has 0 saturated carbocycles. The number of fused-ring (bicyclic) bond motifs is 1. The average molecular weight is 1590 g/mol. The Morgan fingerprint density at radius 1 is 0.271 bits per heavy atom. The number of benzene rings is 12. The molecular formula is C106H119FO11. The second-order valence-corrected chi connectivity index (χ2v) is 32.7. The summed E-state index contributed by atoms with van der Waals surface area (Å²) in [7, 11) is 0. The van der Waals surface area contributed by atoms with Gasteiger partial charge in [0, 0.05) is 37.3 Å². The molecule has 12 heteroatoms. The summed E-state index contributed by atoms with van der Waals surface area (Å²) < 4.78 is 102. The molecule has 12 rings (SSSR count). The Balaban J connectivity index is 1.49. The molecule has 12 aromatic carbocycles. The first-order chi connectivity index (χ1) is 57.2. The van der Waals surface area contributed by atoms with Gasteiger partial charge in [-0.05, 0) is 191 Å². The third-order valence-corrected chi connectivity index (χ3v) is 25.2. The van der Waals surface area contributed by atoms with Crippen LogP contribution in [-0.2, 0) is 16.6 Å². The van der Waals surface area contributed by atoms with Gasteiger partial charge in [-0.1, -0.05) is 304 Å². The van der Waals surface area contributed by atoms with Crippen LogP contribution in [0, 0.1) is 16.2 Å². The minimum absolute atomic E-state index is 0.0253. The molecule has 0 radical (unpaired) electrons. The van der Waals surface area contributed by atoms with Crippen molar-refractivity contribution in [1.82, 2.24) is 0 Å². The van der Waals surface area contributed by atoms with Gasteiger partial charge in [0.25, 0.3) is 0 Å². The van der Waals surface area contributed by atoms with Gasteiger partial charge in [0.05, 0.1) is 5.56 Å². The summed E-state index contributed by atoms with van der Waals surface area (Å²) in [6.45, 7) is 33.1. The SMILES string of the molecule is CCCC(CCC)(CCC)C(CC)(CC)C(CC)(Oc1ccccc1)c1c(OF)c(Oc2ccccc2)c(Oc2cccc(Oc3ccccc3)c2Oc2cccc3ccccc23)c(C(C)(C)C(C)(Oc2ccccc2)C(C)(C)C)c1C(CC)(Oc1ccccc1)C(Oc1ccccc1)(Oc1ccccc1)C(CC)(CC)Oc1ccccc1. The Hall–Kier alpha value is -11.4. The molecule has 0 aliphatic heterocycles. The first-order valence-electron chi connectivity index (χ1n) is 42.6. The van der Waals surface area contributed by atoms with E-state index in [1.807, 2.05) is 291 Å². The lowest BCUT2D eigenvalue weighted by molar-refractivity contribution is -0.315. The Labute approximate surface area is 700 Å². The van der Waals surface area contributed by atoms with Gasteiger partial charge in [0.15, 0.2) is 22.8 Å². The lowest BCUT2D eigenvalue weighted by Crippen LogP contribution is -2.76. The summed E-state index contributed by atoms with van der Waals surface area (Å²) in [5, 5.41) is 1.75. The molecule has 0 aliphatic rings. The molecule has 118 heavy (non-hydrogen) atoms. The highest BCUT2D eigenvalue weighted by atomic mass is 19.3. The van der Waals surface area contributed by atoms with Gasteiger partial charge in [-0.15, -0.1) is 0 Å². The lowest BCUT2D eigenvalue weighted by Gasteiger charge is -2.63. The van der Waals surface area contributed by atoms with E-state index in [4.69, 9.17) is 52.3 Å². The van der Waals surface area contributed by atoms with E-state index in [9.17, 15) is 0 Å². The largest absolute Gasteiger partial charge is 0.486 e. The average Bonchev–Trinajstić information content (AvgIpc) is 0.662. The quantitative estimate of drug-likeness (QED) is 0.0342. The van der Waals surface area contributed by atoms with Crippen LogP contribution in [0.15, 0.2) is 303 Å². The van der Waals surface area contributed by atoms with Crippen molar-refractivity contribution in [3.8, 4) is 86.2 Å². The van der Waals surface area contributed by atoms with Crippen LogP contribution in [0.25, 0.3) is 10.8 Å². The van der Waals surface area contributed by atoms with Crippen LogP contribution in [0.5, 0.6) is 86.2 Å². The normalized spacial score (nSPS) is 13.7. The highest BCUT2D eigenvalue weighted by molar-refractivity contribution is 5.89. The van der Waals surface area contributed by atoms with Crippen molar-refractivity contribution in [3.63, 3.8) is 0 Å². The van der Waals surface area contributed by atoms with Crippen LogP contribution in [0.4, 0.5) is 4.53 Å². The van der Waals surface area contributed by atoms with E-state index in [-0.39, 0.29) is 60.0 Å². The maximum Gasteiger partial charge on any atom is 0.336 e. The molecule has 0 amide bonds. The lowest BCUT2D eigenvalue weighted by atomic mass is 9.45. The number of para-hydroxylation sites is 9. The minimum atomic E-state index is -2.40. The fraction of sp³-hybridized carbons (Fsp3) is 0.340. The Morgan fingerprint density at radius 2 is 0.627 bits per heavy atom. The maximum atomic E-state index is 20.0. The third kappa shape index (κ3) is 16.4. The van der Waals surface area contributed by atoms with Crippen LogP contribution in [-0.4, -0.2) is 17.0 Å². The van der Waals surface area contributed by atoms with Crippen LogP contribution < -0.4 is 52.3 Å². The van der Waals surface area contributed by atoms with E-state index in [0.717, 1.165) is 49.3 Å². The standard InChI is InChI=1S/C106H119FO11/c1-16-75-101(76-17-2,77-18-3)102(19-4,20-5)104(23-8,114-83-63-41-29-42-64-83)93-91(105(24-9,115-84-65-43-30-44-66-84)106(116-85-67-45-31-46-68-85,117-86-69-47-32-48-70-86)103(21-6,22-7)113-82-61-39-28-40-62-82)92(99(13,14)100(15,98(10,11)12)112-81-59-37-27-38-60-81)95(97(96(93)118-107)109-80-57-35-26-36-58-80)111-90-74-52-73-89(108-79-55-33-25-34-56-79)94(90)110-88-72-51-54-78-53-49-50-71-87(78)88/h25-74H,16-24,75-77H2,1-15H3. The molecular weight excluding hydrogens is 1470 g/mol. The van der Waals surface area contributed by atoms with Crippen molar-refractivity contribution in [2.75, 3.05) is 0 Å². The third-order valence-electron chi connectivity index (χ3n) is 25.2. The summed E-state index contributed by atoms with van der Waals surface area (Å²) in [4.78, 5) is 6.42. The number of hydrogen-bond acceptors (Lipinski definition) is 11. The van der Waals surface area contributed by atoms with Gasteiger partial charge < -0.3 is 47.4 Å². The number of ether oxygens (including phenoxy) is 10. The van der Waals surface area contributed by atoms with E-state index in [0.29, 0.717) is 81.5 Å². The van der Waals surface area contributed by atoms with E-state index in [2.05, 4.69) is 116 Å². The van der Waals surface area contributed by atoms with Crippen molar-refractivity contribution < 1.29 is 56.8 Å². The summed E-state index contributed by atoms with van der Waals surface area (Å²) in [5.74, 6) is 1.80. The first kappa shape index (κ1) is 86.0. The van der Waals surface area contributed by atoms with E-state index in [1.54, 1.807) is 0 Å². The van der Waals surface area contributed by atoms with Gasteiger partial charge in [-0.25, -0.2) is 0 Å². The zero-order chi connectivity index (χ0) is 83.7. The van der Waals surface area contributed by atoms with Gasteiger partial charge in [-0.3, -0.25) is 4.94 Å². The number of hydrogen-bond donors (Lipinski definition) is 0. The van der Waals surface area contributed by atoms with Crippen molar-refractivity contribution in [2.45, 2.75) is 215 Å². The zero-order valence-corrected chi connectivity index (χ0v) is 71.7. The maximum absolute atomic E-state index is 20.0. The van der Waals surface area contributed by atoms with Crippen molar-refractivity contribution in [1.29, 1.82) is 0 Å². The molecule has 3 unspecified atom stereocenters. The molecule has 616 valence electrons. The van der Waals surface area contributed by atoms with Crippen LogP contribution in [0.2, 0.25) is 0 Å². The molecule has 0 spiro atoms. The molecule has 3 atom stereocenters. The van der Waals surface area contributed by atoms with Gasteiger partial charge in [0.1, 0.15) is 62.9 Å². The van der Waals surface area contributed by atoms with Gasteiger partial charge in [0.2, 0.25) is 22.8 Å². The topological polar surface area (TPSA) is 102 Å². The van der Waals surface area contributed by atoms with Crippen LogP contribution >= 0.6 is 0 Å². The fourth-order valence-corrected chi connectivity index (χ4v) is 19.3. The smallest absolute Gasteiger partial charge is 0.336 e. The second kappa shape index (κ2) is 37.5. The predicted octanol–water partition coefficient (Wildman–Crippen LogP) is 30.5. The molecule has 0 heterocycles. The van der Waals surface area contributed by atoms with Crippen molar-refractivity contribution in [2.24, 2.45) is 16.2 Å². The minimum Gasteiger partial charge on any atom is -0.486 e. The van der Waals surface area contributed by atoms with Crippen LogP contribution in [0.3, 0.4) is 0 Å². The van der Waals surface area contributed by atoms with Crippen LogP contribution in [0.1, 0.15) is 198 Å². The Kier molecular flexibility index (Phi) is 27.3. The van der Waals surface area contributed by atoms with Crippen molar-refractivity contribution in [3.05, 3.63) is 320 Å². The molecule has 0 bridgehead atoms. The Morgan fingerprint density at radius 3 is 1.04 bits per heavy atom. The molecule has 11 nitrogen and oxygen atoms in total. The molecule has 12 aromatic rings. The van der Waals surface area contributed by atoms with Crippen molar-refractivity contribution >= 4 is 10.8 Å². The molecule has 0 N–H and O–H groups in total. The van der Waals surface area contributed by atoms with Gasteiger partial charge in [-0.2, -0.15) is 0 Å². The number of halogens is 1. The molecule has 0 saturated heterocycles. The molecule has 0 aliphatic carbocycles. The summed E-state index contributed by atoms with van der Waals surface area (Å²) in [6, 6.07) is 97.7. The molecule has 0 fully saturated rings. The Bertz CT molecular complexity index is 5070. The summed E-state index contributed by atoms with van der Waals surface area (Å²) in [6.07, 6.45) is 6.29.